The zero-order valence-corrected chi connectivity index (χ0v) is 12.1. The fraction of sp³-hybridized carbons (Fsp3) is 0. The zero-order chi connectivity index (χ0) is 15.1. The lowest BCUT2D eigenvalue weighted by atomic mass is 10.2. The Kier molecular flexibility index (Phi) is 2.87. The van der Waals surface area contributed by atoms with Gasteiger partial charge in [-0.25, -0.2) is 0 Å². The number of hydrogen-bond donors (Lipinski definition) is 3. The number of aromatic nitrogens is 3. The summed E-state index contributed by atoms with van der Waals surface area (Å²) >= 11 is 6.02. The van der Waals surface area contributed by atoms with Gasteiger partial charge in [-0.3, -0.25) is 10.1 Å². The fourth-order valence-corrected chi connectivity index (χ4v) is 2.62. The van der Waals surface area contributed by atoms with Crippen molar-refractivity contribution in [2.45, 2.75) is 0 Å². The summed E-state index contributed by atoms with van der Waals surface area (Å²) in [6.07, 6.45) is 3.39. The van der Waals surface area contributed by atoms with E-state index in [-0.39, 0.29) is 5.88 Å². The lowest BCUT2D eigenvalue weighted by Crippen LogP contribution is -1.79. The quantitative estimate of drug-likeness (QED) is 0.486. The van der Waals surface area contributed by atoms with Crippen LogP contribution < -0.4 is 0 Å². The lowest BCUT2D eigenvalue weighted by molar-refractivity contribution is 0.457. The normalized spacial score (nSPS) is 11.9. The fourth-order valence-electron chi connectivity index (χ4n) is 2.45. The Bertz CT molecular complexity index is 1020. The van der Waals surface area contributed by atoms with Crippen molar-refractivity contribution in [3.05, 3.63) is 53.2 Å². The number of aliphatic imine (C=N–C) groups is 1. The van der Waals surface area contributed by atoms with Gasteiger partial charge in [0.1, 0.15) is 0 Å². The molecule has 4 aromatic rings. The molecule has 6 heteroatoms. The minimum Gasteiger partial charge on any atom is -0.494 e. The number of nitrogens with zero attached hydrogens (tertiary/aromatic N) is 2. The minimum absolute atomic E-state index is 0.0728. The van der Waals surface area contributed by atoms with Gasteiger partial charge in [-0.2, -0.15) is 5.10 Å². The van der Waals surface area contributed by atoms with Crippen LogP contribution in [0.2, 0.25) is 5.02 Å². The van der Waals surface area contributed by atoms with Crippen molar-refractivity contribution in [1.29, 1.82) is 0 Å². The Balaban J connectivity index is 1.78. The van der Waals surface area contributed by atoms with Gasteiger partial charge in [0, 0.05) is 27.5 Å². The highest BCUT2D eigenvalue weighted by molar-refractivity contribution is 6.31. The van der Waals surface area contributed by atoms with Crippen LogP contribution in [0.3, 0.4) is 0 Å². The molecule has 0 atom stereocenters. The van der Waals surface area contributed by atoms with E-state index in [0.717, 1.165) is 27.5 Å². The van der Waals surface area contributed by atoms with E-state index in [4.69, 9.17) is 11.6 Å². The Hall–Kier alpha value is -2.79. The molecule has 0 aliphatic rings. The Morgan fingerprint density at radius 3 is 2.95 bits per heavy atom. The summed E-state index contributed by atoms with van der Waals surface area (Å²) in [5, 5.41) is 19.4. The summed E-state index contributed by atoms with van der Waals surface area (Å²) in [4.78, 5) is 7.33. The van der Waals surface area contributed by atoms with Crippen molar-refractivity contribution >= 4 is 45.3 Å². The largest absolute Gasteiger partial charge is 0.494 e. The third-order valence-corrected chi connectivity index (χ3v) is 3.78. The van der Waals surface area contributed by atoms with Crippen molar-refractivity contribution < 1.29 is 5.11 Å². The van der Waals surface area contributed by atoms with E-state index in [1.54, 1.807) is 24.5 Å². The molecule has 0 aliphatic heterocycles. The van der Waals surface area contributed by atoms with Crippen LogP contribution in [-0.2, 0) is 0 Å². The van der Waals surface area contributed by atoms with Crippen LogP contribution in [0.15, 0.2) is 47.6 Å². The Morgan fingerprint density at radius 2 is 2.05 bits per heavy atom. The highest BCUT2D eigenvalue weighted by Crippen LogP contribution is 2.29. The van der Waals surface area contributed by atoms with E-state index in [2.05, 4.69) is 20.2 Å². The first-order valence-electron chi connectivity index (χ1n) is 6.68. The van der Waals surface area contributed by atoms with Gasteiger partial charge in [0.2, 0.25) is 0 Å². The number of aromatic amines is 2. The molecule has 0 spiro atoms. The van der Waals surface area contributed by atoms with Crippen molar-refractivity contribution in [1.82, 2.24) is 15.2 Å². The number of halogens is 1. The molecule has 0 amide bonds. The van der Waals surface area contributed by atoms with Crippen molar-refractivity contribution in [3.8, 4) is 5.88 Å². The molecule has 108 valence electrons. The molecule has 0 radical (unpaired) electrons. The van der Waals surface area contributed by atoms with Crippen LogP contribution in [-0.4, -0.2) is 26.5 Å². The van der Waals surface area contributed by atoms with Crippen LogP contribution in [0.4, 0.5) is 5.69 Å². The van der Waals surface area contributed by atoms with Gasteiger partial charge in [-0.15, -0.1) is 0 Å². The molecular formula is C16H11ClN4O. The number of hydrogen-bond acceptors (Lipinski definition) is 3. The second-order valence-electron chi connectivity index (χ2n) is 4.98. The molecule has 2 aromatic carbocycles. The molecule has 22 heavy (non-hydrogen) atoms. The molecule has 0 aliphatic carbocycles. The maximum Gasteiger partial charge on any atom is 0.198 e. The van der Waals surface area contributed by atoms with Crippen LogP contribution in [0.1, 0.15) is 5.56 Å². The van der Waals surface area contributed by atoms with Crippen molar-refractivity contribution in [2.75, 3.05) is 0 Å². The smallest absolute Gasteiger partial charge is 0.198 e. The van der Waals surface area contributed by atoms with Gasteiger partial charge >= 0.3 is 0 Å². The summed E-state index contributed by atoms with van der Waals surface area (Å²) in [6.45, 7) is 0. The summed E-state index contributed by atoms with van der Waals surface area (Å²) < 4.78 is 0. The molecule has 0 fully saturated rings. The zero-order valence-electron chi connectivity index (χ0n) is 11.3. The topological polar surface area (TPSA) is 77.1 Å². The highest BCUT2D eigenvalue weighted by atomic mass is 35.5. The average Bonchev–Trinajstić information content (AvgIpc) is 3.08. The second-order valence-corrected chi connectivity index (χ2v) is 5.41. The van der Waals surface area contributed by atoms with Gasteiger partial charge < -0.3 is 10.1 Å². The van der Waals surface area contributed by atoms with Gasteiger partial charge in [-0.1, -0.05) is 11.6 Å². The number of benzene rings is 2. The maximum absolute atomic E-state index is 10.0. The van der Waals surface area contributed by atoms with Crippen molar-refractivity contribution in [2.24, 2.45) is 4.99 Å². The highest BCUT2D eigenvalue weighted by Gasteiger charge is 2.09. The SMILES string of the molecule is Oc1[nH]c2ccc(Cl)cc2c1C=Nc1ccc2cn[nH]c2c1. The number of fused-ring (bicyclic) bond motifs is 2. The number of H-pyrrole nitrogens is 2. The number of nitrogens with one attached hydrogen (secondary N) is 2. The summed E-state index contributed by atoms with van der Waals surface area (Å²) in [7, 11) is 0. The minimum atomic E-state index is 0.0728. The van der Waals surface area contributed by atoms with E-state index in [1.807, 2.05) is 24.3 Å². The van der Waals surface area contributed by atoms with E-state index >= 15 is 0 Å². The van der Waals surface area contributed by atoms with Gasteiger partial charge in [-0.05, 0) is 36.4 Å². The predicted octanol–water partition coefficient (Wildman–Crippen LogP) is 4.15. The van der Waals surface area contributed by atoms with Gasteiger partial charge in [0.25, 0.3) is 0 Å². The van der Waals surface area contributed by atoms with Crippen LogP contribution in [0, 0.1) is 0 Å². The third kappa shape index (κ3) is 2.12. The summed E-state index contributed by atoms with van der Waals surface area (Å²) in [6, 6.07) is 11.1. The standard InChI is InChI=1S/C16H11ClN4O/c17-10-2-4-14-12(5-10)13(16(22)20-14)8-18-11-3-1-9-7-19-21-15(9)6-11/h1-8,20,22H,(H,19,21). The van der Waals surface area contributed by atoms with Crippen LogP contribution in [0.5, 0.6) is 5.88 Å². The molecule has 0 unspecified atom stereocenters. The Morgan fingerprint density at radius 1 is 1.14 bits per heavy atom. The first-order valence-corrected chi connectivity index (χ1v) is 7.06. The molecule has 0 saturated carbocycles. The number of rotatable bonds is 2. The average molecular weight is 311 g/mol. The first kappa shape index (κ1) is 12.9. The third-order valence-electron chi connectivity index (χ3n) is 3.55. The van der Waals surface area contributed by atoms with Crippen molar-refractivity contribution in [3.63, 3.8) is 0 Å². The summed E-state index contributed by atoms with van der Waals surface area (Å²) in [5.74, 6) is 0.0728. The molecule has 5 nitrogen and oxygen atoms in total. The summed E-state index contributed by atoms with van der Waals surface area (Å²) in [5.41, 5.74) is 3.11. The monoisotopic (exact) mass is 310 g/mol. The van der Waals surface area contributed by atoms with E-state index in [9.17, 15) is 5.11 Å². The molecule has 2 heterocycles. The van der Waals surface area contributed by atoms with E-state index in [0.29, 0.717) is 10.6 Å². The molecule has 0 bridgehead atoms. The Labute approximate surface area is 130 Å². The molecule has 2 aromatic heterocycles. The molecular weight excluding hydrogens is 300 g/mol. The first-order chi connectivity index (χ1) is 10.7. The van der Waals surface area contributed by atoms with Crippen LogP contribution >= 0.6 is 11.6 Å². The number of aromatic hydroxyl groups is 1. The molecule has 0 saturated heterocycles. The molecule has 4 rings (SSSR count). The van der Waals surface area contributed by atoms with Gasteiger partial charge in [0.05, 0.1) is 23.0 Å². The molecule has 3 N–H and O–H groups in total. The van der Waals surface area contributed by atoms with Gasteiger partial charge in [0.15, 0.2) is 5.88 Å². The van der Waals surface area contributed by atoms with Crippen LogP contribution in [0.25, 0.3) is 21.8 Å². The second kappa shape index (κ2) is 4.89. The van der Waals surface area contributed by atoms with E-state index < -0.39 is 0 Å². The predicted molar refractivity (Wildman–Crippen MR) is 88.3 cm³/mol. The maximum atomic E-state index is 10.0. The lowest BCUT2D eigenvalue weighted by Gasteiger charge is -1.96. The van der Waals surface area contributed by atoms with E-state index in [1.165, 1.54) is 0 Å².